The molecule has 0 bridgehead atoms. The van der Waals surface area contributed by atoms with Crippen LogP contribution in [0.3, 0.4) is 0 Å². The Morgan fingerprint density at radius 2 is 2.26 bits per heavy atom. The van der Waals surface area contributed by atoms with Crippen molar-refractivity contribution in [3.63, 3.8) is 0 Å². The molecule has 0 amide bonds. The summed E-state index contributed by atoms with van der Waals surface area (Å²) in [5.41, 5.74) is 2.27. The van der Waals surface area contributed by atoms with Gasteiger partial charge in [-0.2, -0.15) is 11.8 Å². The Labute approximate surface area is 121 Å². The maximum Gasteiger partial charge on any atom is 0.128 e. The zero-order valence-corrected chi connectivity index (χ0v) is 12.2. The number of thioether (sulfide) groups is 1. The number of benzene rings is 1. The van der Waals surface area contributed by atoms with Gasteiger partial charge in [-0.1, -0.05) is 11.6 Å². The highest BCUT2D eigenvalue weighted by Crippen LogP contribution is 2.41. The molecule has 2 aliphatic rings. The fraction of sp³-hybridized carbons (Fsp3) is 0.500. The number of fused-ring (bicyclic) bond motifs is 1. The molecular formula is C14H16ClN3S. The molecule has 1 unspecified atom stereocenters. The summed E-state index contributed by atoms with van der Waals surface area (Å²) in [4.78, 5) is 4.87. The van der Waals surface area contributed by atoms with Crippen molar-refractivity contribution in [2.45, 2.75) is 24.9 Å². The highest BCUT2D eigenvalue weighted by atomic mass is 35.5. The van der Waals surface area contributed by atoms with E-state index in [1.807, 2.05) is 23.9 Å². The molecule has 0 spiro atoms. The predicted octanol–water partition coefficient (Wildman–Crippen LogP) is 3.40. The van der Waals surface area contributed by atoms with Gasteiger partial charge in [0.1, 0.15) is 5.82 Å². The summed E-state index contributed by atoms with van der Waals surface area (Å²) in [7, 11) is 0. The van der Waals surface area contributed by atoms with Crippen LogP contribution < -0.4 is 5.32 Å². The van der Waals surface area contributed by atoms with Crippen LogP contribution in [0.4, 0.5) is 0 Å². The standard InChI is InChI=1S/C14H16ClN3S/c15-9-1-4-11-13(7-9)18(10-2-3-10)14(17-11)12-8-19-6-5-16-12/h1,4,7,10,12,16H,2-3,5-6,8H2. The Hall–Kier alpha value is -0.710. The number of nitrogens with one attached hydrogen (secondary N) is 1. The van der Waals surface area contributed by atoms with E-state index >= 15 is 0 Å². The summed E-state index contributed by atoms with van der Waals surface area (Å²) in [6.07, 6.45) is 2.54. The van der Waals surface area contributed by atoms with Gasteiger partial charge in [-0.15, -0.1) is 0 Å². The molecule has 0 radical (unpaired) electrons. The van der Waals surface area contributed by atoms with Crippen LogP contribution in [-0.4, -0.2) is 27.6 Å². The first kappa shape index (κ1) is 12.1. The monoisotopic (exact) mass is 293 g/mol. The van der Waals surface area contributed by atoms with E-state index in [0.29, 0.717) is 12.1 Å². The first-order valence-corrected chi connectivity index (χ1v) is 8.35. The fourth-order valence-corrected chi connectivity index (χ4v) is 3.88. The van der Waals surface area contributed by atoms with E-state index in [0.717, 1.165) is 22.8 Å². The van der Waals surface area contributed by atoms with E-state index in [1.54, 1.807) is 0 Å². The number of aromatic nitrogens is 2. The van der Waals surface area contributed by atoms with Gasteiger partial charge in [0.2, 0.25) is 0 Å². The zero-order valence-electron chi connectivity index (χ0n) is 10.6. The molecule has 1 aromatic heterocycles. The molecule has 1 N–H and O–H groups in total. The van der Waals surface area contributed by atoms with Gasteiger partial charge in [0.15, 0.2) is 0 Å². The third-order valence-electron chi connectivity index (χ3n) is 3.82. The van der Waals surface area contributed by atoms with Gasteiger partial charge in [-0.25, -0.2) is 4.98 Å². The molecule has 5 heteroatoms. The molecule has 2 aromatic rings. The lowest BCUT2D eigenvalue weighted by molar-refractivity contribution is 0.532. The summed E-state index contributed by atoms with van der Waals surface area (Å²) < 4.78 is 2.42. The second-order valence-corrected chi connectivity index (χ2v) is 6.87. The minimum absolute atomic E-state index is 0.380. The third-order valence-corrected chi connectivity index (χ3v) is 5.12. The minimum Gasteiger partial charge on any atom is -0.323 e. The lowest BCUT2D eigenvalue weighted by atomic mass is 10.3. The van der Waals surface area contributed by atoms with Gasteiger partial charge in [-0.3, -0.25) is 0 Å². The van der Waals surface area contributed by atoms with Gasteiger partial charge < -0.3 is 9.88 Å². The molecule has 19 heavy (non-hydrogen) atoms. The second kappa shape index (κ2) is 4.69. The number of hydrogen-bond donors (Lipinski definition) is 1. The lowest BCUT2D eigenvalue weighted by Crippen LogP contribution is -2.32. The van der Waals surface area contributed by atoms with Crippen LogP contribution in [0.25, 0.3) is 11.0 Å². The first-order chi connectivity index (χ1) is 9.33. The summed E-state index contributed by atoms with van der Waals surface area (Å²) in [5, 5.41) is 4.39. The number of nitrogens with zero attached hydrogens (tertiary/aromatic N) is 2. The SMILES string of the molecule is Clc1ccc2nc(C3CSCCN3)n(C3CC3)c2c1. The van der Waals surface area contributed by atoms with Crippen molar-refractivity contribution in [1.82, 2.24) is 14.9 Å². The van der Waals surface area contributed by atoms with Crippen LogP contribution in [0.1, 0.15) is 30.7 Å². The number of rotatable bonds is 2. The van der Waals surface area contributed by atoms with Gasteiger partial charge in [-0.05, 0) is 31.0 Å². The van der Waals surface area contributed by atoms with E-state index in [2.05, 4.69) is 16.0 Å². The van der Waals surface area contributed by atoms with Crippen molar-refractivity contribution in [3.8, 4) is 0 Å². The summed E-state index contributed by atoms with van der Waals surface area (Å²) in [5.74, 6) is 3.52. The average Bonchev–Trinajstić information content (AvgIpc) is 3.21. The first-order valence-electron chi connectivity index (χ1n) is 6.81. The molecule has 1 aromatic carbocycles. The van der Waals surface area contributed by atoms with Gasteiger partial charge in [0.05, 0.1) is 17.1 Å². The summed E-state index contributed by atoms with van der Waals surface area (Å²) in [6, 6.07) is 7.04. The van der Waals surface area contributed by atoms with E-state index < -0.39 is 0 Å². The maximum atomic E-state index is 6.15. The zero-order chi connectivity index (χ0) is 12.8. The van der Waals surface area contributed by atoms with Crippen LogP contribution in [0.5, 0.6) is 0 Å². The molecule has 100 valence electrons. The van der Waals surface area contributed by atoms with Crippen LogP contribution in [0.2, 0.25) is 5.02 Å². The summed E-state index contributed by atoms with van der Waals surface area (Å²) >= 11 is 8.16. The van der Waals surface area contributed by atoms with Gasteiger partial charge in [0.25, 0.3) is 0 Å². The van der Waals surface area contributed by atoms with Gasteiger partial charge in [0, 0.05) is 29.1 Å². The number of hydrogen-bond acceptors (Lipinski definition) is 3. The lowest BCUT2D eigenvalue weighted by Gasteiger charge is -2.23. The molecule has 4 rings (SSSR count). The van der Waals surface area contributed by atoms with E-state index in [9.17, 15) is 0 Å². The van der Waals surface area contributed by atoms with Crippen LogP contribution in [0, 0.1) is 0 Å². The third kappa shape index (κ3) is 2.16. The van der Waals surface area contributed by atoms with E-state index in [4.69, 9.17) is 16.6 Å². The largest absolute Gasteiger partial charge is 0.323 e. The molecular weight excluding hydrogens is 278 g/mol. The molecule has 1 saturated carbocycles. The fourth-order valence-electron chi connectivity index (χ4n) is 2.78. The van der Waals surface area contributed by atoms with Crippen molar-refractivity contribution in [2.24, 2.45) is 0 Å². The Morgan fingerprint density at radius 3 is 3.00 bits per heavy atom. The Morgan fingerprint density at radius 1 is 1.37 bits per heavy atom. The highest BCUT2D eigenvalue weighted by molar-refractivity contribution is 7.99. The van der Waals surface area contributed by atoms with E-state index in [1.165, 1.54) is 29.9 Å². The van der Waals surface area contributed by atoms with Crippen molar-refractivity contribution >= 4 is 34.4 Å². The Balaban J connectivity index is 1.86. The molecule has 1 aliphatic heterocycles. The molecule has 1 saturated heterocycles. The smallest absolute Gasteiger partial charge is 0.128 e. The van der Waals surface area contributed by atoms with Crippen LogP contribution >= 0.6 is 23.4 Å². The van der Waals surface area contributed by atoms with Crippen molar-refractivity contribution in [1.29, 1.82) is 0 Å². The maximum absolute atomic E-state index is 6.15. The molecule has 1 aliphatic carbocycles. The van der Waals surface area contributed by atoms with E-state index in [-0.39, 0.29) is 0 Å². The number of halogens is 1. The highest BCUT2D eigenvalue weighted by Gasteiger charge is 2.31. The molecule has 2 fully saturated rings. The van der Waals surface area contributed by atoms with Crippen LogP contribution in [0.15, 0.2) is 18.2 Å². The Kier molecular flexibility index (Phi) is 2.98. The average molecular weight is 294 g/mol. The molecule has 3 nitrogen and oxygen atoms in total. The van der Waals surface area contributed by atoms with Gasteiger partial charge >= 0.3 is 0 Å². The minimum atomic E-state index is 0.380. The quantitative estimate of drug-likeness (QED) is 0.920. The van der Waals surface area contributed by atoms with Crippen LogP contribution in [-0.2, 0) is 0 Å². The Bertz CT molecular complexity index is 614. The summed E-state index contributed by atoms with van der Waals surface area (Å²) in [6.45, 7) is 1.07. The van der Waals surface area contributed by atoms with Crippen molar-refractivity contribution in [2.75, 3.05) is 18.1 Å². The molecule has 1 atom stereocenters. The molecule has 2 heterocycles. The predicted molar refractivity (Wildman–Crippen MR) is 81.1 cm³/mol. The second-order valence-electron chi connectivity index (χ2n) is 5.29. The number of imidazole rings is 1. The normalized spacial score (nSPS) is 23.9. The van der Waals surface area contributed by atoms with Crippen molar-refractivity contribution in [3.05, 3.63) is 29.0 Å². The van der Waals surface area contributed by atoms with Crippen molar-refractivity contribution < 1.29 is 0 Å². The topological polar surface area (TPSA) is 29.9 Å².